The quantitative estimate of drug-likeness (QED) is 0.793. The topological polar surface area (TPSA) is 33.7 Å². The minimum atomic E-state index is 0.162. The van der Waals surface area contributed by atoms with Gasteiger partial charge in [0.15, 0.2) is 11.5 Å². The van der Waals surface area contributed by atoms with Gasteiger partial charge in [0, 0.05) is 0 Å². The zero-order valence-corrected chi connectivity index (χ0v) is 11.5. The summed E-state index contributed by atoms with van der Waals surface area (Å²) in [4.78, 5) is 2.12. The summed E-state index contributed by atoms with van der Waals surface area (Å²) < 4.78 is 10.6. The minimum absolute atomic E-state index is 0.162. The van der Waals surface area contributed by atoms with Crippen LogP contribution < -0.4 is 14.8 Å². The molecule has 0 saturated carbocycles. The first-order valence-electron chi connectivity index (χ1n) is 5.61. The Morgan fingerprint density at radius 3 is 2.06 bits per heavy atom. The molecule has 0 aliphatic heterocycles. The molecule has 0 radical (unpaired) electrons. The van der Waals surface area contributed by atoms with Crippen LogP contribution in [-0.4, -0.2) is 40.3 Å². The van der Waals surface area contributed by atoms with Gasteiger partial charge in [0.05, 0.1) is 20.4 Å². The van der Waals surface area contributed by atoms with Crippen LogP contribution in [0.3, 0.4) is 0 Å². The molecule has 1 rings (SSSR count). The van der Waals surface area contributed by atoms with Crippen LogP contribution in [0.1, 0.15) is 17.3 Å². The predicted molar refractivity (Wildman–Crippen MR) is 69.8 cm³/mol. The van der Waals surface area contributed by atoms with Crippen LogP contribution >= 0.6 is 0 Å². The molecular weight excluding hydrogens is 216 g/mol. The van der Waals surface area contributed by atoms with Crippen molar-refractivity contribution in [3.63, 3.8) is 0 Å². The average molecular weight is 238 g/mol. The predicted octanol–water partition coefficient (Wildman–Crippen LogP) is 1.79. The van der Waals surface area contributed by atoms with E-state index < -0.39 is 0 Å². The molecule has 17 heavy (non-hydrogen) atoms. The molecule has 1 N–H and O–H groups in total. The van der Waals surface area contributed by atoms with E-state index in [1.807, 2.05) is 33.3 Å². The van der Waals surface area contributed by atoms with Crippen LogP contribution in [-0.2, 0) is 0 Å². The molecule has 0 amide bonds. The van der Waals surface area contributed by atoms with Gasteiger partial charge in [0.1, 0.15) is 0 Å². The lowest BCUT2D eigenvalue weighted by Gasteiger charge is -2.26. The first-order chi connectivity index (χ1) is 8.04. The third-order valence-electron chi connectivity index (χ3n) is 2.86. The summed E-state index contributed by atoms with van der Waals surface area (Å²) in [7, 11) is 9.33. The summed E-state index contributed by atoms with van der Waals surface area (Å²) in [6.45, 7) is 2.07. The van der Waals surface area contributed by atoms with Crippen molar-refractivity contribution in [2.24, 2.45) is 0 Å². The molecule has 0 heterocycles. The summed E-state index contributed by atoms with van der Waals surface area (Å²) in [6.07, 6.45) is 0.162. The molecule has 1 unspecified atom stereocenters. The van der Waals surface area contributed by atoms with Crippen LogP contribution in [0.15, 0.2) is 12.1 Å². The Bertz CT molecular complexity index is 378. The molecular formula is C13H22N2O2. The largest absolute Gasteiger partial charge is 0.493 e. The van der Waals surface area contributed by atoms with Gasteiger partial charge in [0.2, 0.25) is 0 Å². The molecule has 1 aromatic carbocycles. The van der Waals surface area contributed by atoms with Crippen molar-refractivity contribution in [1.29, 1.82) is 0 Å². The van der Waals surface area contributed by atoms with Crippen LogP contribution in [0.5, 0.6) is 11.5 Å². The lowest BCUT2D eigenvalue weighted by Crippen LogP contribution is -2.31. The molecule has 0 bridgehead atoms. The van der Waals surface area contributed by atoms with Crippen LogP contribution in [0.4, 0.5) is 0 Å². The van der Waals surface area contributed by atoms with Crippen LogP contribution in [0.2, 0.25) is 0 Å². The van der Waals surface area contributed by atoms with Crippen LogP contribution in [0.25, 0.3) is 0 Å². The number of rotatable bonds is 5. The van der Waals surface area contributed by atoms with Gasteiger partial charge in [-0.2, -0.15) is 0 Å². The second-order valence-electron chi connectivity index (χ2n) is 4.22. The number of benzene rings is 1. The Morgan fingerprint density at radius 2 is 1.65 bits per heavy atom. The highest BCUT2D eigenvalue weighted by Gasteiger charge is 2.17. The standard InChI is InChI=1S/C13H22N2O2/c1-9-7-11(16-5)12(17-6)8-10(9)13(14-2)15(3)4/h7-8,13-14H,1-6H3. The third kappa shape index (κ3) is 2.90. The average Bonchev–Trinajstić information content (AvgIpc) is 2.31. The van der Waals surface area contributed by atoms with Crippen molar-refractivity contribution >= 4 is 0 Å². The van der Waals surface area contributed by atoms with Gasteiger partial charge in [0.25, 0.3) is 0 Å². The van der Waals surface area contributed by atoms with E-state index in [4.69, 9.17) is 9.47 Å². The number of nitrogens with one attached hydrogen (secondary N) is 1. The number of nitrogens with zero attached hydrogens (tertiary/aromatic N) is 1. The molecule has 0 spiro atoms. The van der Waals surface area contributed by atoms with Gasteiger partial charge in [-0.1, -0.05) is 0 Å². The fourth-order valence-electron chi connectivity index (χ4n) is 1.98. The van der Waals surface area contributed by atoms with Crippen molar-refractivity contribution in [2.45, 2.75) is 13.1 Å². The van der Waals surface area contributed by atoms with E-state index in [0.29, 0.717) is 0 Å². The first kappa shape index (κ1) is 13.8. The SMILES string of the molecule is CNC(c1cc(OC)c(OC)cc1C)N(C)C. The second kappa shape index (κ2) is 5.89. The zero-order valence-electron chi connectivity index (χ0n) is 11.5. The molecule has 1 atom stereocenters. The molecule has 0 aromatic heterocycles. The summed E-state index contributed by atoms with van der Waals surface area (Å²) in [5.41, 5.74) is 2.37. The summed E-state index contributed by atoms with van der Waals surface area (Å²) in [5.74, 6) is 1.53. The number of ether oxygens (including phenoxy) is 2. The van der Waals surface area contributed by atoms with Crippen molar-refractivity contribution in [3.05, 3.63) is 23.3 Å². The highest BCUT2D eigenvalue weighted by Crippen LogP contribution is 2.33. The molecule has 0 aliphatic rings. The van der Waals surface area contributed by atoms with Crippen LogP contribution in [0, 0.1) is 6.92 Å². The Hall–Kier alpha value is -1.26. The minimum Gasteiger partial charge on any atom is -0.493 e. The van der Waals surface area contributed by atoms with Gasteiger partial charge >= 0.3 is 0 Å². The van der Waals surface area contributed by atoms with E-state index in [-0.39, 0.29) is 6.17 Å². The van der Waals surface area contributed by atoms with Crippen molar-refractivity contribution in [2.75, 3.05) is 35.4 Å². The van der Waals surface area contributed by atoms with E-state index in [2.05, 4.69) is 17.1 Å². The molecule has 0 fully saturated rings. The summed E-state index contributed by atoms with van der Waals surface area (Å²) >= 11 is 0. The van der Waals surface area contributed by atoms with Gasteiger partial charge in [-0.05, 0) is 51.3 Å². The maximum absolute atomic E-state index is 5.33. The Morgan fingerprint density at radius 1 is 1.12 bits per heavy atom. The number of hydrogen-bond donors (Lipinski definition) is 1. The van der Waals surface area contributed by atoms with E-state index in [9.17, 15) is 0 Å². The number of methoxy groups -OCH3 is 2. The fraction of sp³-hybridized carbons (Fsp3) is 0.538. The highest BCUT2D eigenvalue weighted by atomic mass is 16.5. The molecule has 4 heteroatoms. The Balaban J connectivity index is 3.24. The van der Waals surface area contributed by atoms with Gasteiger partial charge in [-0.3, -0.25) is 4.90 Å². The molecule has 0 aliphatic carbocycles. The van der Waals surface area contributed by atoms with Crippen molar-refractivity contribution < 1.29 is 9.47 Å². The fourth-order valence-corrected chi connectivity index (χ4v) is 1.98. The molecule has 4 nitrogen and oxygen atoms in total. The third-order valence-corrected chi connectivity index (χ3v) is 2.86. The van der Waals surface area contributed by atoms with E-state index >= 15 is 0 Å². The highest BCUT2D eigenvalue weighted by molar-refractivity contribution is 5.47. The van der Waals surface area contributed by atoms with Gasteiger partial charge in [-0.15, -0.1) is 0 Å². The summed E-state index contributed by atoms with van der Waals surface area (Å²) in [6, 6.07) is 4.03. The van der Waals surface area contributed by atoms with Gasteiger partial charge < -0.3 is 14.8 Å². The van der Waals surface area contributed by atoms with Crippen molar-refractivity contribution in [1.82, 2.24) is 10.2 Å². The maximum atomic E-state index is 5.33. The normalized spacial score (nSPS) is 12.6. The van der Waals surface area contributed by atoms with E-state index in [0.717, 1.165) is 11.5 Å². The first-order valence-corrected chi connectivity index (χ1v) is 5.61. The summed E-state index contributed by atoms with van der Waals surface area (Å²) in [5, 5.41) is 3.28. The molecule has 0 saturated heterocycles. The molecule has 1 aromatic rings. The number of aryl methyl sites for hydroxylation is 1. The van der Waals surface area contributed by atoms with E-state index in [1.54, 1.807) is 14.2 Å². The lowest BCUT2D eigenvalue weighted by atomic mass is 10.0. The van der Waals surface area contributed by atoms with Crippen molar-refractivity contribution in [3.8, 4) is 11.5 Å². The maximum Gasteiger partial charge on any atom is 0.161 e. The molecule has 96 valence electrons. The smallest absolute Gasteiger partial charge is 0.161 e. The second-order valence-corrected chi connectivity index (χ2v) is 4.22. The van der Waals surface area contributed by atoms with E-state index in [1.165, 1.54) is 11.1 Å². The Labute approximate surface area is 104 Å². The monoisotopic (exact) mass is 238 g/mol. The van der Waals surface area contributed by atoms with Gasteiger partial charge in [-0.25, -0.2) is 0 Å². The number of hydrogen-bond acceptors (Lipinski definition) is 4. The Kier molecular flexibility index (Phi) is 4.78. The zero-order chi connectivity index (χ0) is 13.0. The lowest BCUT2D eigenvalue weighted by molar-refractivity contribution is 0.262.